The molecule has 1 N–H and O–H groups in total. The summed E-state index contributed by atoms with van der Waals surface area (Å²) < 4.78 is 104. The highest BCUT2D eigenvalue weighted by Gasteiger charge is 2.73. The number of hydrogen-bond donors (Lipinski definition) is 1. The van der Waals surface area contributed by atoms with Crippen molar-refractivity contribution < 1.29 is 49.7 Å². The number of carbonyl (C=O) groups excluding carboxylic acids is 1. The summed E-state index contributed by atoms with van der Waals surface area (Å²) in [5, 5.41) is 2.67. The third-order valence-corrected chi connectivity index (χ3v) is 4.55. The smallest absolute Gasteiger partial charge is 0.462 e. The molecule has 0 saturated heterocycles. The molecule has 0 aliphatic rings. The van der Waals surface area contributed by atoms with Gasteiger partial charge in [0.1, 0.15) is 6.61 Å². The van der Waals surface area contributed by atoms with Gasteiger partial charge in [0.05, 0.1) is 30.5 Å². The Morgan fingerprint density at radius 3 is 2.26 bits per heavy atom. The van der Waals surface area contributed by atoms with Gasteiger partial charge in [-0.15, -0.1) is 0 Å². The SMILES string of the molecule is CCOC(=O)c1ccc(COc2c(Cl)cc(/C=N\NC(F)(F)C(F)(F)C(F)(F)F)cc2OC)cc1. The molecule has 0 bridgehead atoms. The highest BCUT2D eigenvalue weighted by molar-refractivity contribution is 6.32. The van der Waals surface area contributed by atoms with Gasteiger partial charge >= 0.3 is 24.1 Å². The molecule has 0 radical (unpaired) electrons. The Labute approximate surface area is 199 Å². The predicted molar refractivity (Wildman–Crippen MR) is 111 cm³/mol. The minimum absolute atomic E-state index is 0.00512. The lowest BCUT2D eigenvalue weighted by molar-refractivity contribution is -0.361. The molecular formula is C21H18ClF7N2O4. The van der Waals surface area contributed by atoms with Crippen LogP contribution in [-0.2, 0) is 11.3 Å². The van der Waals surface area contributed by atoms with Crippen molar-refractivity contribution in [2.75, 3.05) is 13.7 Å². The zero-order valence-corrected chi connectivity index (χ0v) is 18.8. The second-order valence-corrected chi connectivity index (χ2v) is 7.16. The molecule has 0 amide bonds. The molecule has 0 unspecified atom stereocenters. The van der Waals surface area contributed by atoms with Crippen LogP contribution in [0.15, 0.2) is 41.5 Å². The fourth-order valence-electron chi connectivity index (χ4n) is 2.50. The van der Waals surface area contributed by atoms with E-state index in [4.69, 9.17) is 25.8 Å². The van der Waals surface area contributed by atoms with Crippen LogP contribution in [0.5, 0.6) is 11.5 Å². The first-order valence-corrected chi connectivity index (χ1v) is 10.00. The van der Waals surface area contributed by atoms with Crippen LogP contribution in [0.4, 0.5) is 30.7 Å². The molecule has 0 atom stereocenters. The highest BCUT2D eigenvalue weighted by atomic mass is 35.5. The van der Waals surface area contributed by atoms with Crippen molar-refractivity contribution in [1.82, 2.24) is 5.43 Å². The molecule has 0 fully saturated rings. The number of esters is 1. The Hall–Kier alpha value is -3.22. The van der Waals surface area contributed by atoms with Gasteiger partial charge in [0, 0.05) is 0 Å². The van der Waals surface area contributed by atoms with Gasteiger partial charge in [-0.1, -0.05) is 23.7 Å². The summed E-state index contributed by atoms with van der Waals surface area (Å²) in [6.45, 7) is 1.88. The molecule has 0 heterocycles. The number of methoxy groups -OCH3 is 1. The van der Waals surface area contributed by atoms with Gasteiger partial charge in [-0.3, -0.25) is 0 Å². The molecule has 6 nitrogen and oxygen atoms in total. The molecule has 2 rings (SSSR count). The van der Waals surface area contributed by atoms with Gasteiger partial charge in [-0.05, 0) is 42.3 Å². The Bertz CT molecular complexity index is 1060. The topological polar surface area (TPSA) is 69.2 Å². The monoisotopic (exact) mass is 530 g/mol. The van der Waals surface area contributed by atoms with E-state index in [1.54, 1.807) is 19.1 Å². The van der Waals surface area contributed by atoms with E-state index in [0.717, 1.165) is 6.07 Å². The molecule has 0 aliphatic carbocycles. The average molecular weight is 531 g/mol. The third kappa shape index (κ3) is 6.68. The van der Waals surface area contributed by atoms with E-state index in [1.807, 2.05) is 0 Å². The van der Waals surface area contributed by atoms with Crippen molar-refractivity contribution in [3.63, 3.8) is 0 Å². The number of rotatable bonds is 10. The molecule has 14 heteroatoms. The maximum atomic E-state index is 13.3. The first-order valence-electron chi connectivity index (χ1n) is 9.62. The number of halogens is 8. The van der Waals surface area contributed by atoms with E-state index in [2.05, 4.69) is 5.10 Å². The lowest BCUT2D eigenvalue weighted by atomic mass is 10.1. The van der Waals surface area contributed by atoms with E-state index in [9.17, 15) is 35.5 Å². The molecule has 0 saturated carbocycles. The van der Waals surface area contributed by atoms with E-state index >= 15 is 0 Å². The van der Waals surface area contributed by atoms with Gasteiger partial charge in [0.15, 0.2) is 11.5 Å². The number of hydrogen-bond acceptors (Lipinski definition) is 6. The third-order valence-electron chi connectivity index (χ3n) is 4.27. The van der Waals surface area contributed by atoms with Gasteiger partial charge in [-0.25, -0.2) is 10.2 Å². The maximum absolute atomic E-state index is 13.3. The summed E-state index contributed by atoms with van der Waals surface area (Å²) in [5.74, 6) is -6.83. The summed E-state index contributed by atoms with van der Waals surface area (Å²) in [6.07, 6.45) is -5.95. The van der Waals surface area contributed by atoms with Gasteiger partial charge in [0.25, 0.3) is 0 Å². The van der Waals surface area contributed by atoms with E-state index in [1.165, 1.54) is 25.3 Å². The fourth-order valence-corrected chi connectivity index (χ4v) is 2.77. The number of hydrazone groups is 1. The van der Waals surface area contributed by atoms with Gasteiger partial charge in [0.2, 0.25) is 0 Å². The van der Waals surface area contributed by atoms with Crippen molar-refractivity contribution in [2.45, 2.75) is 31.7 Å². The van der Waals surface area contributed by atoms with E-state index < -0.39 is 24.1 Å². The lowest BCUT2D eigenvalue weighted by Crippen LogP contribution is -2.58. The quantitative estimate of drug-likeness (QED) is 0.138. The van der Waals surface area contributed by atoms with Crippen LogP contribution in [0.2, 0.25) is 5.02 Å². The molecule has 0 spiro atoms. The van der Waals surface area contributed by atoms with Crippen LogP contribution in [0.25, 0.3) is 0 Å². The lowest BCUT2D eigenvalue weighted by Gasteiger charge is -2.27. The standard InChI is InChI=1S/C21H18ClF7N2O4/c1-3-34-18(32)14-6-4-12(5-7-14)11-35-17-15(22)8-13(9-16(17)33-2)10-30-31-21(28,29)19(23,24)20(25,26)27/h4-10,31H,3,11H2,1-2H3/b30-10-. The van der Waals surface area contributed by atoms with Crippen LogP contribution in [-0.4, -0.2) is 44.0 Å². The highest BCUT2D eigenvalue weighted by Crippen LogP contribution is 2.45. The largest absolute Gasteiger partial charge is 0.493 e. The van der Waals surface area contributed by atoms with Crippen molar-refractivity contribution in [3.8, 4) is 11.5 Å². The van der Waals surface area contributed by atoms with Crippen LogP contribution in [0.3, 0.4) is 0 Å². The molecule has 2 aromatic rings. The minimum Gasteiger partial charge on any atom is -0.493 e. The van der Waals surface area contributed by atoms with Crippen molar-refractivity contribution in [3.05, 3.63) is 58.1 Å². The van der Waals surface area contributed by atoms with Gasteiger partial charge < -0.3 is 14.2 Å². The number of nitrogens with zero attached hydrogens (tertiary/aromatic N) is 1. The summed E-state index contributed by atoms with van der Waals surface area (Å²) >= 11 is 6.12. The van der Waals surface area contributed by atoms with Crippen LogP contribution in [0, 0.1) is 0 Å². The van der Waals surface area contributed by atoms with E-state index in [-0.39, 0.29) is 35.3 Å². The van der Waals surface area contributed by atoms with Crippen LogP contribution >= 0.6 is 11.6 Å². The van der Waals surface area contributed by atoms with Crippen LogP contribution < -0.4 is 14.9 Å². The molecule has 0 aromatic heterocycles. The summed E-state index contributed by atoms with van der Waals surface area (Å²) in [6, 6.07) is 2.87. The molecule has 0 aliphatic heterocycles. The van der Waals surface area contributed by atoms with Crippen LogP contribution in [0.1, 0.15) is 28.4 Å². The second-order valence-electron chi connectivity index (χ2n) is 6.76. The van der Waals surface area contributed by atoms with Crippen molar-refractivity contribution >= 4 is 23.8 Å². The molecular weight excluding hydrogens is 513 g/mol. The normalized spacial score (nSPS) is 12.5. The number of benzene rings is 2. The number of alkyl halides is 7. The maximum Gasteiger partial charge on any atom is 0.462 e. The summed E-state index contributed by atoms with van der Waals surface area (Å²) in [7, 11) is 1.23. The number of nitrogens with one attached hydrogen (secondary N) is 1. The van der Waals surface area contributed by atoms with E-state index in [0.29, 0.717) is 22.8 Å². The van der Waals surface area contributed by atoms with Gasteiger partial charge in [-0.2, -0.15) is 35.8 Å². The predicted octanol–water partition coefficient (Wildman–Crippen LogP) is 5.82. The molecule has 35 heavy (non-hydrogen) atoms. The zero-order valence-electron chi connectivity index (χ0n) is 18.1. The average Bonchev–Trinajstić information content (AvgIpc) is 2.77. The first kappa shape index (κ1) is 28.0. The first-order chi connectivity index (χ1) is 16.2. The Morgan fingerprint density at radius 2 is 1.71 bits per heavy atom. The van der Waals surface area contributed by atoms with Crippen molar-refractivity contribution in [1.29, 1.82) is 0 Å². The van der Waals surface area contributed by atoms with Crippen molar-refractivity contribution in [2.24, 2.45) is 5.10 Å². The minimum atomic E-state index is -6.50. The molecule has 2 aromatic carbocycles. The molecule has 192 valence electrons. The Kier molecular flexibility index (Phi) is 8.82. The fraction of sp³-hybridized carbons (Fsp3) is 0.333. The Morgan fingerprint density at radius 1 is 1.09 bits per heavy atom. The second kappa shape index (κ2) is 11.0. The summed E-state index contributed by atoms with van der Waals surface area (Å²) in [5.41, 5.74) is 1.41. The number of ether oxygens (including phenoxy) is 3. The number of carbonyl (C=O) groups is 1. The summed E-state index contributed by atoms with van der Waals surface area (Å²) in [4.78, 5) is 11.7. The zero-order chi connectivity index (χ0) is 26.4. The Balaban J connectivity index is 2.13.